The van der Waals surface area contributed by atoms with Crippen molar-refractivity contribution in [2.75, 3.05) is 0 Å². The molecule has 12 aromatic rings. The van der Waals surface area contributed by atoms with E-state index in [0.29, 0.717) is 17.5 Å². The number of hydrogen-bond acceptors (Lipinski definition) is 4. The van der Waals surface area contributed by atoms with E-state index in [9.17, 15) is 0 Å². The van der Waals surface area contributed by atoms with Crippen LogP contribution in [0.1, 0.15) is 0 Å². The highest BCUT2D eigenvalue weighted by atomic mass is 32.2. The fourth-order valence-corrected chi connectivity index (χ4v) is 10.4. The Morgan fingerprint density at radius 1 is 0.361 bits per heavy atom. The zero-order valence-electron chi connectivity index (χ0n) is 32.7. The Morgan fingerprint density at radius 3 is 1.74 bits per heavy atom. The molecule has 284 valence electrons. The van der Waals surface area contributed by atoms with Gasteiger partial charge in [-0.25, -0.2) is 15.0 Å². The van der Waals surface area contributed by atoms with E-state index in [0.717, 1.165) is 39.3 Å². The predicted molar refractivity (Wildman–Crippen MR) is 252 cm³/mol. The summed E-state index contributed by atoms with van der Waals surface area (Å²) in [4.78, 5) is 18.2. The first-order valence-electron chi connectivity index (χ1n) is 20.5. The van der Waals surface area contributed by atoms with E-state index >= 15 is 0 Å². The van der Waals surface area contributed by atoms with Gasteiger partial charge in [0.1, 0.15) is 5.65 Å². The maximum Gasteiger partial charge on any atom is 0.164 e. The van der Waals surface area contributed by atoms with Gasteiger partial charge in [0.15, 0.2) is 17.5 Å². The van der Waals surface area contributed by atoms with Gasteiger partial charge in [-0.1, -0.05) is 163 Å². The van der Waals surface area contributed by atoms with Crippen molar-refractivity contribution in [2.45, 2.75) is 9.79 Å². The predicted octanol–water partition coefficient (Wildman–Crippen LogP) is 14.4. The largest absolute Gasteiger partial charge is 0.295 e. The van der Waals surface area contributed by atoms with Gasteiger partial charge >= 0.3 is 0 Å². The van der Waals surface area contributed by atoms with Crippen LogP contribution >= 0.6 is 11.8 Å². The van der Waals surface area contributed by atoms with Crippen LogP contribution < -0.4 is 0 Å². The fourth-order valence-electron chi connectivity index (χ4n) is 9.30. The fraction of sp³-hybridized carbons (Fsp3) is 0. The maximum atomic E-state index is 5.30. The van der Waals surface area contributed by atoms with Crippen molar-refractivity contribution in [1.82, 2.24) is 24.1 Å². The summed E-state index contributed by atoms with van der Waals surface area (Å²) in [6, 6.07) is 71.3. The van der Waals surface area contributed by atoms with Crippen LogP contribution in [0.4, 0.5) is 0 Å². The molecule has 1 aliphatic rings. The third-order valence-corrected chi connectivity index (χ3v) is 13.3. The van der Waals surface area contributed by atoms with Crippen LogP contribution in [0, 0.1) is 0 Å². The zero-order valence-corrected chi connectivity index (χ0v) is 33.5. The van der Waals surface area contributed by atoms with Crippen molar-refractivity contribution in [2.24, 2.45) is 0 Å². The van der Waals surface area contributed by atoms with Crippen molar-refractivity contribution >= 4 is 66.1 Å². The van der Waals surface area contributed by atoms with Crippen LogP contribution in [0.2, 0.25) is 0 Å². The van der Waals surface area contributed by atoms with Gasteiger partial charge in [0.05, 0.1) is 16.7 Å². The molecule has 3 aromatic heterocycles. The Kier molecular flexibility index (Phi) is 7.47. The second kappa shape index (κ2) is 13.4. The molecule has 4 heterocycles. The van der Waals surface area contributed by atoms with E-state index in [1.54, 1.807) is 0 Å². The lowest BCUT2D eigenvalue weighted by Crippen LogP contribution is -2.06. The van der Waals surface area contributed by atoms with Crippen molar-refractivity contribution in [3.63, 3.8) is 0 Å². The summed E-state index contributed by atoms with van der Waals surface area (Å²) in [5.41, 5.74) is 10.9. The van der Waals surface area contributed by atoms with E-state index in [2.05, 4.69) is 203 Å². The van der Waals surface area contributed by atoms with Gasteiger partial charge < -0.3 is 0 Å². The lowest BCUT2D eigenvalue weighted by atomic mass is 10.00. The summed E-state index contributed by atoms with van der Waals surface area (Å²) in [6.45, 7) is 0. The monoisotopic (exact) mass is 795 g/mol. The number of nitrogens with zero attached hydrogens (tertiary/aromatic N) is 5. The maximum absolute atomic E-state index is 5.30. The van der Waals surface area contributed by atoms with Crippen LogP contribution in [0.3, 0.4) is 0 Å². The number of fused-ring (bicyclic) bond motifs is 10. The number of benzene rings is 9. The normalized spacial score (nSPS) is 12.2. The van der Waals surface area contributed by atoms with Gasteiger partial charge in [0.25, 0.3) is 0 Å². The lowest BCUT2D eigenvalue weighted by Gasteiger charge is -2.22. The van der Waals surface area contributed by atoms with E-state index in [1.807, 2.05) is 17.8 Å². The minimum absolute atomic E-state index is 0.625. The first kappa shape index (κ1) is 34.1. The van der Waals surface area contributed by atoms with Crippen LogP contribution in [-0.4, -0.2) is 24.1 Å². The molecule has 0 atom stereocenters. The molecular weight excluding hydrogens is 763 g/mol. The van der Waals surface area contributed by atoms with E-state index in [1.165, 1.54) is 64.1 Å². The first-order valence-corrected chi connectivity index (χ1v) is 21.3. The number of aromatic nitrogens is 5. The molecule has 0 amide bonds. The molecule has 0 aliphatic carbocycles. The zero-order chi connectivity index (χ0) is 40.0. The van der Waals surface area contributed by atoms with Crippen LogP contribution in [0.15, 0.2) is 210 Å². The molecule has 0 radical (unpaired) electrons. The van der Waals surface area contributed by atoms with Crippen molar-refractivity contribution in [1.29, 1.82) is 0 Å². The summed E-state index contributed by atoms with van der Waals surface area (Å²) < 4.78 is 4.89. The average molecular weight is 796 g/mol. The summed E-state index contributed by atoms with van der Waals surface area (Å²) >= 11 is 1.82. The molecule has 0 saturated carbocycles. The molecule has 9 aromatic carbocycles. The Bertz CT molecular complexity index is 3720. The third-order valence-electron chi connectivity index (χ3n) is 12.1. The highest BCUT2D eigenvalue weighted by molar-refractivity contribution is 7.99. The van der Waals surface area contributed by atoms with E-state index in [-0.39, 0.29) is 0 Å². The molecule has 0 unspecified atom stereocenters. The highest BCUT2D eigenvalue weighted by Crippen LogP contribution is 2.50. The third kappa shape index (κ3) is 5.32. The van der Waals surface area contributed by atoms with Gasteiger partial charge in [-0.15, -0.1) is 0 Å². The lowest BCUT2D eigenvalue weighted by molar-refractivity contribution is 1.02. The topological polar surface area (TPSA) is 48.5 Å². The minimum atomic E-state index is 0.625. The second-order valence-electron chi connectivity index (χ2n) is 15.6. The Labute approximate surface area is 355 Å². The quantitative estimate of drug-likeness (QED) is 0.163. The second-order valence-corrected chi connectivity index (χ2v) is 16.7. The van der Waals surface area contributed by atoms with E-state index in [4.69, 9.17) is 15.0 Å². The Morgan fingerprint density at radius 2 is 0.934 bits per heavy atom. The summed E-state index contributed by atoms with van der Waals surface area (Å²) in [6.07, 6.45) is 0. The minimum Gasteiger partial charge on any atom is -0.295 e. The molecule has 6 heteroatoms. The van der Waals surface area contributed by atoms with Crippen LogP contribution in [0.25, 0.3) is 111 Å². The summed E-state index contributed by atoms with van der Waals surface area (Å²) in [7, 11) is 0. The van der Waals surface area contributed by atoms with Gasteiger partial charge in [0, 0.05) is 48.3 Å². The SMILES string of the molecule is c1ccc(-c2ccc(-c3nc(-c4ccc5c(c4)-n4c6c(cccc6c6c7ccccc7n(-c7ccccc7)c64)S5)nc(-c4ccc5ccc6ccccc6c5c4)n3)cc2)cc1. The van der Waals surface area contributed by atoms with Gasteiger partial charge in [-0.3, -0.25) is 9.13 Å². The van der Waals surface area contributed by atoms with E-state index < -0.39 is 0 Å². The molecule has 0 bridgehead atoms. The number of rotatable bonds is 5. The summed E-state index contributed by atoms with van der Waals surface area (Å²) in [5.74, 6) is 1.89. The van der Waals surface area contributed by atoms with Crippen molar-refractivity contribution in [3.05, 3.63) is 200 Å². The molecule has 0 N–H and O–H groups in total. The molecule has 0 saturated heterocycles. The van der Waals surface area contributed by atoms with Gasteiger partial charge in [-0.2, -0.15) is 0 Å². The number of para-hydroxylation sites is 3. The number of hydrogen-bond donors (Lipinski definition) is 0. The standard InChI is InChI=1S/C55H33N5S/c1-3-12-34(13-4-1)35-22-27-38(28-23-35)52-56-53(39-29-26-37-25-24-36-14-7-8-17-42(36)45(37)32-39)58-54(57-52)40-30-31-48-47(33-40)60-51-44(19-11-21-49(51)61-48)50-43-18-9-10-20-46(43)59(55(50)60)41-15-5-2-6-16-41/h1-33H. The van der Waals surface area contributed by atoms with Crippen LogP contribution in [-0.2, 0) is 0 Å². The van der Waals surface area contributed by atoms with Crippen molar-refractivity contribution in [3.8, 4) is 56.7 Å². The van der Waals surface area contributed by atoms with Crippen LogP contribution in [0.5, 0.6) is 0 Å². The average Bonchev–Trinajstić information content (AvgIpc) is 3.86. The molecule has 0 spiro atoms. The molecule has 61 heavy (non-hydrogen) atoms. The van der Waals surface area contributed by atoms with Gasteiger partial charge in [-0.05, 0) is 81.2 Å². The Hall–Kier alpha value is -7.80. The molecule has 1 aliphatic heterocycles. The highest BCUT2D eigenvalue weighted by Gasteiger charge is 2.28. The Balaban J connectivity index is 1.04. The van der Waals surface area contributed by atoms with Crippen molar-refractivity contribution < 1.29 is 0 Å². The first-order chi connectivity index (χ1) is 30.2. The summed E-state index contributed by atoms with van der Waals surface area (Å²) in [5, 5.41) is 8.49. The molecule has 13 rings (SSSR count). The molecular formula is C55H33N5S. The van der Waals surface area contributed by atoms with Gasteiger partial charge in [0.2, 0.25) is 0 Å². The smallest absolute Gasteiger partial charge is 0.164 e. The molecule has 5 nitrogen and oxygen atoms in total. The molecule has 0 fully saturated rings.